The van der Waals surface area contributed by atoms with Crippen molar-refractivity contribution in [2.45, 2.75) is 39.2 Å². The van der Waals surface area contributed by atoms with E-state index in [-0.39, 0.29) is 11.8 Å². The summed E-state index contributed by atoms with van der Waals surface area (Å²) in [5, 5.41) is 2.89. The van der Waals surface area contributed by atoms with Gasteiger partial charge in [-0.3, -0.25) is 9.59 Å². The van der Waals surface area contributed by atoms with E-state index in [1.807, 2.05) is 55.1 Å². The maximum atomic E-state index is 12.8. The van der Waals surface area contributed by atoms with Crippen LogP contribution in [0.3, 0.4) is 0 Å². The van der Waals surface area contributed by atoms with Crippen molar-refractivity contribution in [1.29, 1.82) is 0 Å². The van der Waals surface area contributed by atoms with Crippen molar-refractivity contribution in [1.82, 2.24) is 4.90 Å². The predicted molar refractivity (Wildman–Crippen MR) is 106 cm³/mol. The summed E-state index contributed by atoms with van der Waals surface area (Å²) < 4.78 is 5.85. The van der Waals surface area contributed by atoms with Crippen LogP contribution < -0.4 is 10.1 Å². The Morgan fingerprint density at radius 2 is 1.74 bits per heavy atom. The van der Waals surface area contributed by atoms with Crippen LogP contribution in [0.25, 0.3) is 0 Å². The first-order chi connectivity index (χ1) is 13.1. The monoisotopic (exact) mass is 366 g/mol. The average molecular weight is 366 g/mol. The maximum Gasteiger partial charge on any atom is 0.265 e. The van der Waals surface area contributed by atoms with Gasteiger partial charge in [0.25, 0.3) is 11.8 Å². The highest BCUT2D eigenvalue weighted by atomic mass is 16.5. The van der Waals surface area contributed by atoms with Gasteiger partial charge in [-0.1, -0.05) is 36.8 Å². The highest BCUT2D eigenvalue weighted by Crippen LogP contribution is 2.21. The zero-order valence-electron chi connectivity index (χ0n) is 15.9. The zero-order chi connectivity index (χ0) is 19.2. The van der Waals surface area contributed by atoms with E-state index in [9.17, 15) is 9.59 Å². The number of anilines is 1. The number of carbonyl (C=O) groups excluding carboxylic acids is 2. The van der Waals surface area contributed by atoms with Crippen LogP contribution in [0.1, 0.15) is 42.1 Å². The number of likely N-dealkylation sites (tertiary alicyclic amines) is 1. The highest BCUT2D eigenvalue weighted by Gasteiger charge is 2.24. The summed E-state index contributed by atoms with van der Waals surface area (Å²) >= 11 is 0. The average Bonchev–Trinajstić information content (AvgIpc) is 3.22. The van der Waals surface area contributed by atoms with Crippen molar-refractivity contribution in [3.63, 3.8) is 0 Å². The summed E-state index contributed by atoms with van der Waals surface area (Å²) in [6.07, 6.45) is 1.97. The number of benzene rings is 2. The fourth-order valence-corrected chi connectivity index (χ4v) is 3.19. The molecule has 1 fully saturated rings. The fourth-order valence-electron chi connectivity index (χ4n) is 3.19. The molecule has 0 radical (unpaired) electrons. The molecule has 1 atom stereocenters. The molecule has 0 aromatic heterocycles. The molecule has 2 amide bonds. The summed E-state index contributed by atoms with van der Waals surface area (Å²) in [5.74, 6) is 0.375. The van der Waals surface area contributed by atoms with E-state index >= 15 is 0 Å². The number of ether oxygens (including phenoxy) is 1. The minimum absolute atomic E-state index is 0.0316. The van der Waals surface area contributed by atoms with Crippen molar-refractivity contribution >= 4 is 17.5 Å². The molecule has 5 nitrogen and oxygen atoms in total. The van der Waals surface area contributed by atoms with Gasteiger partial charge < -0.3 is 15.0 Å². The standard InChI is InChI=1S/C22H26N2O3/c1-3-20(27-17-12-10-16(2)11-13-17)21(25)23-19-9-5-4-8-18(19)22(26)24-14-6-7-15-24/h4-5,8-13,20H,3,6-7,14-15H2,1-2H3,(H,23,25). The summed E-state index contributed by atoms with van der Waals surface area (Å²) in [6, 6.07) is 14.8. The van der Waals surface area contributed by atoms with Crippen LogP contribution >= 0.6 is 0 Å². The van der Waals surface area contributed by atoms with Crippen molar-refractivity contribution in [3.05, 3.63) is 59.7 Å². The molecule has 27 heavy (non-hydrogen) atoms. The first-order valence-corrected chi connectivity index (χ1v) is 9.51. The van der Waals surface area contributed by atoms with Crippen LogP contribution in [0.4, 0.5) is 5.69 Å². The van der Waals surface area contributed by atoms with Crippen LogP contribution in [0.15, 0.2) is 48.5 Å². The van der Waals surface area contributed by atoms with Crippen LogP contribution in [0.5, 0.6) is 5.75 Å². The molecule has 2 aromatic rings. The summed E-state index contributed by atoms with van der Waals surface area (Å²) in [4.78, 5) is 27.3. The molecular formula is C22H26N2O3. The normalized spacial score (nSPS) is 14.7. The third-order valence-electron chi connectivity index (χ3n) is 4.77. The molecular weight excluding hydrogens is 340 g/mol. The van der Waals surface area contributed by atoms with Gasteiger partial charge in [-0.05, 0) is 50.5 Å². The Bertz CT molecular complexity index is 795. The van der Waals surface area contributed by atoms with E-state index in [0.29, 0.717) is 23.4 Å². The second-order valence-corrected chi connectivity index (χ2v) is 6.86. The minimum atomic E-state index is -0.623. The summed E-state index contributed by atoms with van der Waals surface area (Å²) in [5.41, 5.74) is 2.19. The lowest BCUT2D eigenvalue weighted by molar-refractivity contribution is -0.122. The van der Waals surface area contributed by atoms with Crippen LogP contribution in [0, 0.1) is 6.92 Å². The first-order valence-electron chi connectivity index (χ1n) is 9.51. The van der Waals surface area contributed by atoms with Gasteiger partial charge in [0, 0.05) is 13.1 Å². The Kier molecular flexibility index (Phi) is 6.12. The van der Waals surface area contributed by atoms with Crippen molar-refractivity contribution < 1.29 is 14.3 Å². The largest absolute Gasteiger partial charge is 0.481 e. The number of nitrogens with zero attached hydrogens (tertiary/aromatic N) is 1. The number of hydrogen-bond donors (Lipinski definition) is 1. The molecule has 3 rings (SSSR count). The molecule has 142 valence electrons. The SMILES string of the molecule is CCC(Oc1ccc(C)cc1)C(=O)Nc1ccccc1C(=O)N1CCCC1. The zero-order valence-corrected chi connectivity index (χ0v) is 15.9. The molecule has 0 saturated carbocycles. The quantitative estimate of drug-likeness (QED) is 0.840. The third-order valence-corrected chi connectivity index (χ3v) is 4.77. The number of nitrogens with one attached hydrogen (secondary N) is 1. The Morgan fingerprint density at radius 3 is 2.41 bits per heavy atom. The number of carbonyl (C=O) groups is 2. The number of rotatable bonds is 6. The van der Waals surface area contributed by atoms with Crippen LogP contribution in [-0.4, -0.2) is 35.9 Å². The molecule has 1 N–H and O–H groups in total. The fraction of sp³-hybridized carbons (Fsp3) is 0.364. The number of hydrogen-bond acceptors (Lipinski definition) is 3. The van der Waals surface area contributed by atoms with Crippen LogP contribution in [-0.2, 0) is 4.79 Å². The van der Waals surface area contributed by atoms with E-state index in [1.54, 1.807) is 12.1 Å². The van der Waals surface area contributed by atoms with E-state index < -0.39 is 6.10 Å². The second kappa shape index (κ2) is 8.71. The van der Waals surface area contributed by atoms with Crippen molar-refractivity contribution in [2.24, 2.45) is 0 Å². The molecule has 1 aliphatic rings. The Labute approximate surface area is 160 Å². The summed E-state index contributed by atoms with van der Waals surface area (Å²) in [6.45, 7) is 5.45. The lowest BCUT2D eigenvalue weighted by atomic mass is 10.1. The van der Waals surface area contributed by atoms with E-state index in [0.717, 1.165) is 31.5 Å². The Balaban J connectivity index is 1.72. The number of aryl methyl sites for hydroxylation is 1. The van der Waals surface area contributed by atoms with Gasteiger partial charge in [-0.25, -0.2) is 0 Å². The van der Waals surface area contributed by atoms with Gasteiger partial charge >= 0.3 is 0 Å². The van der Waals surface area contributed by atoms with Crippen molar-refractivity contribution in [3.8, 4) is 5.75 Å². The van der Waals surface area contributed by atoms with E-state index in [2.05, 4.69) is 5.32 Å². The molecule has 1 heterocycles. The molecule has 1 aliphatic heterocycles. The van der Waals surface area contributed by atoms with Gasteiger partial charge in [0.05, 0.1) is 11.3 Å². The minimum Gasteiger partial charge on any atom is -0.481 e. The van der Waals surface area contributed by atoms with Crippen LogP contribution in [0.2, 0.25) is 0 Å². The molecule has 5 heteroatoms. The van der Waals surface area contributed by atoms with Crippen molar-refractivity contribution in [2.75, 3.05) is 18.4 Å². The topological polar surface area (TPSA) is 58.6 Å². The van der Waals surface area contributed by atoms with E-state index in [1.165, 1.54) is 0 Å². The highest BCUT2D eigenvalue weighted by molar-refractivity contribution is 6.04. The molecule has 1 saturated heterocycles. The predicted octanol–water partition coefficient (Wildman–Crippen LogP) is 4.03. The molecule has 2 aromatic carbocycles. The Hall–Kier alpha value is -2.82. The third kappa shape index (κ3) is 4.67. The van der Waals surface area contributed by atoms with Gasteiger partial charge in [0.2, 0.25) is 0 Å². The van der Waals surface area contributed by atoms with Gasteiger partial charge in [-0.15, -0.1) is 0 Å². The van der Waals surface area contributed by atoms with Gasteiger partial charge in [0.15, 0.2) is 6.10 Å². The lowest BCUT2D eigenvalue weighted by Gasteiger charge is -2.20. The Morgan fingerprint density at radius 1 is 1.07 bits per heavy atom. The van der Waals surface area contributed by atoms with Gasteiger partial charge in [0.1, 0.15) is 5.75 Å². The smallest absolute Gasteiger partial charge is 0.265 e. The van der Waals surface area contributed by atoms with Gasteiger partial charge in [-0.2, -0.15) is 0 Å². The maximum absolute atomic E-state index is 12.8. The molecule has 0 aliphatic carbocycles. The lowest BCUT2D eigenvalue weighted by Crippen LogP contribution is -2.34. The second-order valence-electron chi connectivity index (χ2n) is 6.86. The molecule has 0 spiro atoms. The summed E-state index contributed by atoms with van der Waals surface area (Å²) in [7, 11) is 0. The van der Waals surface area contributed by atoms with E-state index in [4.69, 9.17) is 4.74 Å². The molecule has 1 unspecified atom stereocenters. The first kappa shape index (κ1) is 19.0. The number of para-hydroxylation sites is 1. The number of amides is 2. The molecule has 0 bridgehead atoms.